The second kappa shape index (κ2) is 2.51. The zero-order valence-electron chi connectivity index (χ0n) is 7.38. The van der Waals surface area contributed by atoms with Gasteiger partial charge in [-0.1, -0.05) is 12.7 Å². The predicted octanol–water partition coefficient (Wildman–Crippen LogP) is 2.97. The summed E-state index contributed by atoms with van der Waals surface area (Å²) in [5.41, 5.74) is 2.74. The summed E-state index contributed by atoms with van der Waals surface area (Å²) >= 11 is 0. The van der Waals surface area contributed by atoms with Gasteiger partial charge in [-0.05, 0) is 48.8 Å². The minimum absolute atomic E-state index is 0.186. The molecule has 0 heterocycles. The van der Waals surface area contributed by atoms with Crippen molar-refractivity contribution in [2.45, 2.75) is 19.8 Å². The summed E-state index contributed by atoms with van der Waals surface area (Å²) in [4.78, 5) is 0. The summed E-state index contributed by atoms with van der Waals surface area (Å²) in [5.74, 6) is 1.87. The molecule has 0 bridgehead atoms. The Balaban J connectivity index is 2.24. The molecular formula is C11H14O. The molecule has 2 aliphatic rings. The third kappa shape index (κ3) is 1.09. The molecular weight excluding hydrogens is 148 g/mol. The van der Waals surface area contributed by atoms with Gasteiger partial charge in [0.05, 0.1) is 0 Å². The number of rotatable bonds is 1. The fraction of sp³-hybridized carbons (Fsp3) is 0.455. The van der Waals surface area contributed by atoms with Gasteiger partial charge in [0.15, 0.2) is 0 Å². The van der Waals surface area contributed by atoms with Gasteiger partial charge in [0.2, 0.25) is 0 Å². The van der Waals surface area contributed by atoms with Crippen molar-refractivity contribution in [2.75, 3.05) is 0 Å². The van der Waals surface area contributed by atoms with E-state index in [1.165, 1.54) is 17.6 Å². The van der Waals surface area contributed by atoms with Crippen LogP contribution in [0.4, 0.5) is 0 Å². The number of hydrogen-bond acceptors (Lipinski definition) is 1. The van der Waals surface area contributed by atoms with Crippen molar-refractivity contribution >= 4 is 0 Å². The van der Waals surface area contributed by atoms with Crippen molar-refractivity contribution in [2.24, 2.45) is 11.8 Å². The monoisotopic (exact) mass is 162 g/mol. The molecule has 2 aliphatic carbocycles. The molecule has 1 nitrogen and oxygen atoms in total. The van der Waals surface area contributed by atoms with E-state index in [-0.39, 0.29) is 5.76 Å². The van der Waals surface area contributed by atoms with Crippen LogP contribution in [0, 0.1) is 11.8 Å². The highest BCUT2D eigenvalue weighted by Crippen LogP contribution is 2.57. The fourth-order valence-electron chi connectivity index (χ4n) is 2.24. The molecule has 0 aromatic carbocycles. The Labute approximate surface area is 73.1 Å². The molecule has 1 heteroatoms. The van der Waals surface area contributed by atoms with Gasteiger partial charge in [-0.3, -0.25) is 0 Å². The average molecular weight is 162 g/mol. The average Bonchev–Trinajstić information content (AvgIpc) is 2.63. The van der Waals surface area contributed by atoms with E-state index in [4.69, 9.17) is 5.11 Å². The van der Waals surface area contributed by atoms with E-state index in [0.29, 0.717) is 0 Å². The van der Waals surface area contributed by atoms with Gasteiger partial charge in [0.1, 0.15) is 5.76 Å². The number of hydrogen-bond donors (Lipinski definition) is 1. The van der Waals surface area contributed by atoms with Gasteiger partial charge in [-0.15, -0.1) is 0 Å². The second-order valence-electron chi connectivity index (χ2n) is 3.71. The molecule has 0 spiro atoms. The number of aliphatic hydroxyl groups is 1. The number of allylic oxidation sites excluding steroid dienone is 4. The fourth-order valence-corrected chi connectivity index (χ4v) is 2.24. The summed E-state index contributed by atoms with van der Waals surface area (Å²) in [6.45, 7) is 5.55. The van der Waals surface area contributed by atoms with Crippen LogP contribution >= 0.6 is 0 Å². The van der Waals surface area contributed by atoms with Crippen molar-refractivity contribution in [1.29, 1.82) is 0 Å². The van der Waals surface area contributed by atoms with Gasteiger partial charge >= 0.3 is 0 Å². The lowest BCUT2D eigenvalue weighted by molar-refractivity contribution is 0.434. The van der Waals surface area contributed by atoms with Gasteiger partial charge < -0.3 is 5.11 Å². The van der Waals surface area contributed by atoms with Crippen LogP contribution in [0.3, 0.4) is 0 Å². The van der Waals surface area contributed by atoms with Gasteiger partial charge in [-0.2, -0.15) is 0 Å². The van der Waals surface area contributed by atoms with Crippen molar-refractivity contribution in [3.63, 3.8) is 0 Å². The lowest BCUT2D eigenvalue weighted by atomic mass is 10.0. The molecule has 2 unspecified atom stereocenters. The SMILES string of the molecule is C=C(O)/C=C1/CC2CC2/C1=C/C. The van der Waals surface area contributed by atoms with E-state index < -0.39 is 0 Å². The van der Waals surface area contributed by atoms with E-state index in [2.05, 4.69) is 19.6 Å². The Morgan fingerprint density at radius 1 is 1.67 bits per heavy atom. The third-order valence-electron chi connectivity index (χ3n) is 2.83. The Hall–Kier alpha value is -0.980. The molecule has 0 amide bonds. The molecule has 2 saturated carbocycles. The van der Waals surface area contributed by atoms with Crippen LogP contribution in [0.1, 0.15) is 19.8 Å². The lowest BCUT2D eigenvalue weighted by Gasteiger charge is -2.03. The van der Waals surface area contributed by atoms with Gasteiger partial charge in [0.25, 0.3) is 0 Å². The molecule has 0 radical (unpaired) electrons. The quantitative estimate of drug-likeness (QED) is 0.588. The normalized spacial score (nSPS) is 38.8. The first-order chi connectivity index (χ1) is 5.72. The van der Waals surface area contributed by atoms with Crippen LogP contribution in [0.25, 0.3) is 0 Å². The van der Waals surface area contributed by atoms with Crippen LogP contribution < -0.4 is 0 Å². The minimum atomic E-state index is 0.186. The van der Waals surface area contributed by atoms with E-state index in [0.717, 1.165) is 18.3 Å². The maximum atomic E-state index is 9.03. The topological polar surface area (TPSA) is 20.2 Å². The summed E-state index contributed by atoms with van der Waals surface area (Å²) < 4.78 is 0. The molecule has 1 N–H and O–H groups in total. The zero-order chi connectivity index (χ0) is 8.72. The van der Waals surface area contributed by atoms with E-state index >= 15 is 0 Å². The maximum absolute atomic E-state index is 9.03. The molecule has 0 saturated heterocycles. The summed E-state index contributed by atoms with van der Waals surface area (Å²) in [6.07, 6.45) is 6.48. The summed E-state index contributed by atoms with van der Waals surface area (Å²) in [6, 6.07) is 0. The Morgan fingerprint density at radius 2 is 2.42 bits per heavy atom. The Kier molecular flexibility index (Phi) is 1.60. The van der Waals surface area contributed by atoms with E-state index in [1.807, 2.05) is 6.08 Å². The van der Waals surface area contributed by atoms with Crippen LogP contribution in [-0.4, -0.2) is 5.11 Å². The Bertz CT molecular complexity index is 283. The highest BCUT2D eigenvalue weighted by Gasteiger charge is 2.46. The van der Waals surface area contributed by atoms with Crippen molar-refractivity contribution in [3.05, 3.63) is 35.6 Å². The Morgan fingerprint density at radius 3 is 3.00 bits per heavy atom. The number of fused-ring (bicyclic) bond motifs is 1. The van der Waals surface area contributed by atoms with E-state index in [1.54, 1.807) is 0 Å². The van der Waals surface area contributed by atoms with Gasteiger partial charge in [-0.25, -0.2) is 0 Å². The molecule has 12 heavy (non-hydrogen) atoms. The van der Waals surface area contributed by atoms with Gasteiger partial charge in [0, 0.05) is 0 Å². The van der Waals surface area contributed by atoms with Crippen LogP contribution in [0.15, 0.2) is 35.6 Å². The highest BCUT2D eigenvalue weighted by molar-refractivity contribution is 5.45. The maximum Gasteiger partial charge on any atom is 0.108 e. The molecule has 0 aromatic rings. The van der Waals surface area contributed by atoms with E-state index in [9.17, 15) is 0 Å². The smallest absolute Gasteiger partial charge is 0.108 e. The minimum Gasteiger partial charge on any atom is -0.509 e. The van der Waals surface area contributed by atoms with Crippen LogP contribution in [-0.2, 0) is 0 Å². The van der Waals surface area contributed by atoms with Crippen LogP contribution in [0.2, 0.25) is 0 Å². The summed E-state index contributed by atoms with van der Waals surface area (Å²) in [7, 11) is 0. The van der Waals surface area contributed by atoms with Crippen molar-refractivity contribution < 1.29 is 5.11 Å². The first-order valence-electron chi connectivity index (χ1n) is 4.47. The molecule has 2 rings (SSSR count). The zero-order valence-corrected chi connectivity index (χ0v) is 7.38. The number of aliphatic hydroxyl groups excluding tert-OH is 1. The first kappa shape index (κ1) is 7.66. The highest BCUT2D eigenvalue weighted by atomic mass is 16.3. The largest absolute Gasteiger partial charge is 0.509 e. The molecule has 64 valence electrons. The molecule has 2 atom stereocenters. The van der Waals surface area contributed by atoms with Crippen molar-refractivity contribution in [3.8, 4) is 0 Å². The second-order valence-corrected chi connectivity index (χ2v) is 3.71. The van der Waals surface area contributed by atoms with Crippen LogP contribution in [0.5, 0.6) is 0 Å². The first-order valence-corrected chi connectivity index (χ1v) is 4.47. The molecule has 0 aliphatic heterocycles. The lowest BCUT2D eigenvalue weighted by Crippen LogP contribution is -1.86. The van der Waals surface area contributed by atoms with Crippen molar-refractivity contribution in [1.82, 2.24) is 0 Å². The summed E-state index contributed by atoms with van der Waals surface area (Å²) in [5, 5.41) is 9.03. The third-order valence-corrected chi connectivity index (χ3v) is 2.83. The molecule has 0 aromatic heterocycles. The molecule has 2 fully saturated rings. The standard InChI is InChI=1S/C11H14O/c1-3-10-8(4-7(2)12)5-9-6-11(9)10/h3-4,9,11-12H,2,5-6H2,1H3/b8-4-,10-3+. The predicted molar refractivity (Wildman–Crippen MR) is 49.8 cm³/mol.